The summed E-state index contributed by atoms with van der Waals surface area (Å²) in [5.74, 6) is 0. The Balaban J connectivity index is 2.05. The molecule has 0 aromatic heterocycles. The zero-order chi connectivity index (χ0) is 14.5. The number of hydrogen-bond acceptors (Lipinski definition) is 3. The van der Waals surface area contributed by atoms with Crippen LogP contribution < -0.4 is 5.32 Å². The summed E-state index contributed by atoms with van der Waals surface area (Å²) >= 11 is 9.13. The van der Waals surface area contributed by atoms with Crippen molar-refractivity contribution in [3.8, 4) is 6.07 Å². The molecule has 3 nitrogen and oxygen atoms in total. The lowest BCUT2D eigenvalue weighted by atomic mass is 10.1. The fourth-order valence-corrected chi connectivity index (χ4v) is 2.26. The molecule has 0 saturated heterocycles. The Kier molecular flexibility index (Phi) is 5.02. The standard InChI is InChI=1S/C15H12BrClN2O/c16-12-3-6-14(11(7-12)8-18)19-9-15(20)10-1-4-13(17)5-2-10/h1-7,15,19-20H,9H2. The van der Waals surface area contributed by atoms with Gasteiger partial charge >= 0.3 is 0 Å². The molecule has 2 aromatic rings. The number of nitrogens with zero attached hydrogens (tertiary/aromatic N) is 1. The van der Waals surface area contributed by atoms with Crippen molar-refractivity contribution >= 4 is 33.2 Å². The lowest BCUT2D eigenvalue weighted by Crippen LogP contribution is -2.12. The lowest BCUT2D eigenvalue weighted by Gasteiger charge is -2.14. The number of nitrogens with one attached hydrogen (secondary N) is 1. The van der Waals surface area contributed by atoms with Gasteiger partial charge in [0, 0.05) is 16.0 Å². The van der Waals surface area contributed by atoms with Crippen molar-refractivity contribution < 1.29 is 5.11 Å². The van der Waals surface area contributed by atoms with Crippen LogP contribution in [0.2, 0.25) is 5.02 Å². The van der Waals surface area contributed by atoms with Crippen LogP contribution in [-0.2, 0) is 0 Å². The predicted molar refractivity (Wildman–Crippen MR) is 83.8 cm³/mol. The van der Waals surface area contributed by atoms with Crippen molar-refractivity contribution in [1.29, 1.82) is 5.26 Å². The van der Waals surface area contributed by atoms with Crippen LogP contribution in [0, 0.1) is 11.3 Å². The molecule has 0 amide bonds. The van der Waals surface area contributed by atoms with Crippen molar-refractivity contribution in [2.24, 2.45) is 0 Å². The molecule has 0 aliphatic carbocycles. The first-order valence-electron chi connectivity index (χ1n) is 5.97. The third kappa shape index (κ3) is 3.73. The smallest absolute Gasteiger partial charge is 0.101 e. The highest BCUT2D eigenvalue weighted by molar-refractivity contribution is 9.10. The molecule has 1 atom stereocenters. The molecule has 102 valence electrons. The average molecular weight is 352 g/mol. The van der Waals surface area contributed by atoms with E-state index in [0.29, 0.717) is 22.8 Å². The second-order valence-corrected chi connectivity index (χ2v) is 5.60. The Hall–Kier alpha value is -1.54. The van der Waals surface area contributed by atoms with Crippen LogP contribution in [0.15, 0.2) is 46.9 Å². The molecule has 2 N–H and O–H groups in total. The number of halogens is 2. The molecule has 0 aliphatic rings. The zero-order valence-corrected chi connectivity index (χ0v) is 12.8. The van der Waals surface area contributed by atoms with E-state index in [4.69, 9.17) is 16.9 Å². The number of anilines is 1. The molecule has 0 saturated carbocycles. The SMILES string of the molecule is N#Cc1cc(Br)ccc1NCC(O)c1ccc(Cl)cc1. The number of benzene rings is 2. The highest BCUT2D eigenvalue weighted by atomic mass is 79.9. The van der Waals surface area contributed by atoms with Gasteiger partial charge in [-0.05, 0) is 35.9 Å². The topological polar surface area (TPSA) is 56.0 Å². The predicted octanol–water partition coefficient (Wildman–Crippen LogP) is 4.12. The Morgan fingerprint density at radius 2 is 1.95 bits per heavy atom. The second-order valence-electron chi connectivity index (χ2n) is 4.25. The molecule has 0 radical (unpaired) electrons. The first-order chi connectivity index (χ1) is 9.60. The van der Waals surface area contributed by atoms with Gasteiger partial charge in [-0.2, -0.15) is 5.26 Å². The Bertz CT molecular complexity index is 637. The van der Waals surface area contributed by atoms with Crippen molar-refractivity contribution in [2.45, 2.75) is 6.10 Å². The summed E-state index contributed by atoms with van der Waals surface area (Å²) in [6.45, 7) is 0.317. The van der Waals surface area contributed by atoms with Crippen molar-refractivity contribution in [3.05, 3.63) is 63.1 Å². The number of aliphatic hydroxyl groups is 1. The Labute approximate surface area is 130 Å². The maximum atomic E-state index is 10.1. The maximum absolute atomic E-state index is 10.1. The van der Waals surface area contributed by atoms with Crippen LogP contribution >= 0.6 is 27.5 Å². The van der Waals surface area contributed by atoms with E-state index < -0.39 is 6.10 Å². The van der Waals surface area contributed by atoms with E-state index in [9.17, 15) is 5.11 Å². The van der Waals surface area contributed by atoms with Crippen LogP contribution in [0.5, 0.6) is 0 Å². The van der Waals surface area contributed by atoms with E-state index in [1.165, 1.54) is 0 Å². The zero-order valence-electron chi connectivity index (χ0n) is 10.5. The first-order valence-corrected chi connectivity index (χ1v) is 7.14. The normalized spacial score (nSPS) is 11.7. The molecule has 2 rings (SSSR count). The van der Waals surface area contributed by atoms with Crippen LogP contribution in [0.4, 0.5) is 5.69 Å². The maximum Gasteiger partial charge on any atom is 0.101 e. The fraction of sp³-hybridized carbons (Fsp3) is 0.133. The molecule has 2 aromatic carbocycles. The number of rotatable bonds is 4. The molecule has 0 aliphatic heterocycles. The summed E-state index contributed by atoms with van der Waals surface area (Å²) in [6.07, 6.45) is -0.664. The monoisotopic (exact) mass is 350 g/mol. The fourth-order valence-electron chi connectivity index (χ4n) is 1.77. The number of hydrogen-bond donors (Lipinski definition) is 2. The van der Waals surface area contributed by atoms with E-state index in [1.54, 1.807) is 36.4 Å². The summed E-state index contributed by atoms with van der Waals surface area (Å²) in [5.41, 5.74) is 2.00. The summed E-state index contributed by atoms with van der Waals surface area (Å²) in [6, 6.07) is 14.5. The van der Waals surface area contributed by atoms with Gasteiger partial charge < -0.3 is 10.4 Å². The lowest BCUT2D eigenvalue weighted by molar-refractivity contribution is 0.191. The number of nitriles is 1. The van der Waals surface area contributed by atoms with E-state index in [2.05, 4.69) is 27.3 Å². The quantitative estimate of drug-likeness (QED) is 0.871. The highest BCUT2D eigenvalue weighted by Crippen LogP contribution is 2.22. The molecule has 0 fully saturated rings. The van der Waals surface area contributed by atoms with Gasteiger partial charge in [-0.1, -0.05) is 39.7 Å². The molecular weight excluding hydrogens is 340 g/mol. The minimum atomic E-state index is -0.664. The minimum Gasteiger partial charge on any atom is -0.387 e. The molecule has 20 heavy (non-hydrogen) atoms. The summed E-state index contributed by atoms with van der Waals surface area (Å²) in [7, 11) is 0. The molecular formula is C15H12BrClN2O. The third-order valence-corrected chi connectivity index (χ3v) is 3.59. The average Bonchev–Trinajstić information content (AvgIpc) is 2.46. The van der Waals surface area contributed by atoms with Gasteiger partial charge in [0.1, 0.15) is 6.07 Å². The van der Waals surface area contributed by atoms with Crippen LogP contribution in [0.3, 0.4) is 0 Å². The minimum absolute atomic E-state index is 0.317. The van der Waals surface area contributed by atoms with Crippen LogP contribution in [0.25, 0.3) is 0 Å². The Morgan fingerprint density at radius 3 is 2.60 bits per heavy atom. The molecule has 0 heterocycles. The summed E-state index contributed by atoms with van der Waals surface area (Å²) in [5, 5.41) is 22.9. The van der Waals surface area contributed by atoms with Gasteiger partial charge in [0.25, 0.3) is 0 Å². The third-order valence-electron chi connectivity index (χ3n) is 2.84. The van der Waals surface area contributed by atoms with Crippen molar-refractivity contribution in [2.75, 3.05) is 11.9 Å². The highest BCUT2D eigenvalue weighted by Gasteiger charge is 2.09. The van der Waals surface area contributed by atoms with Gasteiger partial charge in [0.15, 0.2) is 0 Å². The molecule has 1 unspecified atom stereocenters. The van der Waals surface area contributed by atoms with Crippen LogP contribution in [0.1, 0.15) is 17.2 Å². The van der Waals surface area contributed by atoms with Gasteiger partial charge in [-0.25, -0.2) is 0 Å². The second kappa shape index (κ2) is 6.76. The number of aliphatic hydroxyl groups excluding tert-OH is 1. The first kappa shape index (κ1) is 14.9. The Morgan fingerprint density at radius 1 is 1.25 bits per heavy atom. The largest absolute Gasteiger partial charge is 0.387 e. The van der Waals surface area contributed by atoms with Gasteiger partial charge in [-0.15, -0.1) is 0 Å². The van der Waals surface area contributed by atoms with E-state index in [-0.39, 0.29) is 0 Å². The summed E-state index contributed by atoms with van der Waals surface area (Å²) < 4.78 is 0.845. The van der Waals surface area contributed by atoms with E-state index in [0.717, 1.165) is 10.0 Å². The molecule has 5 heteroatoms. The van der Waals surface area contributed by atoms with E-state index in [1.807, 2.05) is 6.07 Å². The molecule has 0 spiro atoms. The molecule has 0 bridgehead atoms. The van der Waals surface area contributed by atoms with Gasteiger partial charge in [-0.3, -0.25) is 0 Å². The van der Waals surface area contributed by atoms with Crippen LogP contribution in [-0.4, -0.2) is 11.7 Å². The van der Waals surface area contributed by atoms with E-state index >= 15 is 0 Å². The van der Waals surface area contributed by atoms with Gasteiger partial charge in [0.05, 0.1) is 17.4 Å². The van der Waals surface area contributed by atoms with Gasteiger partial charge in [0.2, 0.25) is 0 Å². The van der Waals surface area contributed by atoms with Crippen molar-refractivity contribution in [3.63, 3.8) is 0 Å². The van der Waals surface area contributed by atoms with Crippen molar-refractivity contribution in [1.82, 2.24) is 0 Å². The summed E-state index contributed by atoms with van der Waals surface area (Å²) in [4.78, 5) is 0.